The molecule has 0 spiro atoms. The highest BCUT2D eigenvalue weighted by Crippen LogP contribution is 2.35. The smallest absolute Gasteiger partial charge is 0.392 e. The molecule has 1 rings (SSSR count). The number of rotatable bonds is 3. The highest BCUT2D eigenvalue weighted by Gasteiger charge is 2.40. The van der Waals surface area contributed by atoms with Crippen molar-refractivity contribution < 1.29 is 23.0 Å². The number of aliphatic hydroxyl groups is 1. The summed E-state index contributed by atoms with van der Waals surface area (Å²) < 4.78 is 41.6. The fourth-order valence-electron chi connectivity index (χ4n) is 1.26. The van der Waals surface area contributed by atoms with E-state index in [9.17, 15) is 13.2 Å². The zero-order valence-electron chi connectivity index (χ0n) is 8.08. The summed E-state index contributed by atoms with van der Waals surface area (Å²) in [5.74, 6) is 0. The van der Waals surface area contributed by atoms with Gasteiger partial charge in [0.15, 0.2) is 6.10 Å². The molecule has 15 heavy (non-hydrogen) atoms. The van der Waals surface area contributed by atoms with E-state index in [1.165, 1.54) is 24.3 Å². The Bertz CT molecular complexity index is 305. The van der Waals surface area contributed by atoms with Crippen molar-refractivity contribution in [1.29, 1.82) is 0 Å². The van der Waals surface area contributed by atoms with Crippen molar-refractivity contribution in [3.8, 4) is 0 Å². The SMILES string of the molecule is COC(c1ccc(CO)cc1)C(F)(F)F. The molecule has 0 aliphatic heterocycles. The van der Waals surface area contributed by atoms with Crippen LogP contribution >= 0.6 is 0 Å². The summed E-state index contributed by atoms with van der Waals surface area (Å²) >= 11 is 0. The molecule has 1 aromatic carbocycles. The Labute approximate surface area is 85.3 Å². The van der Waals surface area contributed by atoms with Gasteiger partial charge in [0.1, 0.15) is 0 Å². The number of hydrogen-bond acceptors (Lipinski definition) is 2. The van der Waals surface area contributed by atoms with Crippen LogP contribution < -0.4 is 0 Å². The minimum atomic E-state index is -4.42. The number of aliphatic hydroxyl groups excluding tert-OH is 1. The van der Waals surface area contributed by atoms with Gasteiger partial charge in [0.2, 0.25) is 0 Å². The second kappa shape index (κ2) is 4.63. The molecule has 1 N–H and O–H groups in total. The zero-order valence-corrected chi connectivity index (χ0v) is 8.08. The van der Waals surface area contributed by atoms with Crippen LogP contribution in [0.25, 0.3) is 0 Å². The van der Waals surface area contributed by atoms with Crippen LogP contribution in [-0.2, 0) is 11.3 Å². The van der Waals surface area contributed by atoms with E-state index in [2.05, 4.69) is 4.74 Å². The molecule has 0 saturated heterocycles. The number of ether oxygens (including phenoxy) is 1. The van der Waals surface area contributed by atoms with Gasteiger partial charge < -0.3 is 9.84 Å². The normalized spacial score (nSPS) is 13.9. The summed E-state index contributed by atoms with van der Waals surface area (Å²) in [6.07, 6.45) is -6.33. The Hall–Kier alpha value is -1.07. The van der Waals surface area contributed by atoms with Crippen molar-refractivity contribution in [2.75, 3.05) is 7.11 Å². The molecule has 0 saturated carbocycles. The predicted octanol–water partition coefficient (Wildman–Crippen LogP) is 2.43. The highest BCUT2D eigenvalue weighted by molar-refractivity contribution is 5.24. The molecule has 2 nitrogen and oxygen atoms in total. The van der Waals surface area contributed by atoms with Gasteiger partial charge in [0, 0.05) is 7.11 Å². The van der Waals surface area contributed by atoms with Crippen LogP contribution in [-0.4, -0.2) is 18.4 Å². The second-order valence-electron chi connectivity index (χ2n) is 3.06. The summed E-state index contributed by atoms with van der Waals surface area (Å²) in [5, 5.41) is 8.73. The van der Waals surface area contributed by atoms with Crippen LogP contribution in [0, 0.1) is 0 Å². The first-order chi connectivity index (χ1) is 6.99. The third-order valence-electron chi connectivity index (χ3n) is 2.00. The summed E-state index contributed by atoms with van der Waals surface area (Å²) in [6, 6.07) is 5.47. The van der Waals surface area contributed by atoms with Gasteiger partial charge in [-0.2, -0.15) is 13.2 Å². The topological polar surface area (TPSA) is 29.5 Å². The minimum Gasteiger partial charge on any atom is -0.392 e. The summed E-state index contributed by atoms with van der Waals surface area (Å²) in [4.78, 5) is 0. The first kappa shape index (κ1) is 12.0. The van der Waals surface area contributed by atoms with Gasteiger partial charge in [-0.05, 0) is 11.1 Å². The lowest BCUT2D eigenvalue weighted by Crippen LogP contribution is -2.22. The quantitative estimate of drug-likeness (QED) is 0.847. The monoisotopic (exact) mass is 220 g/mol. The number of hydrogen-bond donors (Lipinski definition) is 1. The number of halogens is 3. The highest BCUT2D eigenvalue weighted by atomic mass is 19.4. The van der Waals surface area contributed by atoms with E-state index in [4.69, 9.17) is 5.11 Å². The van der Waals surface area contributed by atoms with Gasteiger partial charge in [0.25, 0.3) is 0 Å². The van der Waals surface area contributed by atoms with Crippen LogP contribution in [0.1, 0.15) is 17.2 Å². The molecule has 0 heterocycles. The van der Waals surface area contributed by atoms with E-state index in [0.29, 0.717) is 5.56 Å². The third-order valence-corrected chi connectivity index (χ3v) is 2.00. The molecular weight excluding hydrogens is 209 g/mol. The summed E-state index contributed by atoms with van der Waals surface area (Å²) in [6.45, 7) is -0.191. The fourth-order valence-corrected chi connectivity index (χ4v) is 1.26. The number of benzene rings is 1. The van der Waals surface area contributed by atoms with Gasteiger partial charge in [-0.1, -0.05) is 24.3 Å². The molecule has 84 valence electrons. The molecule has 0 bridgehead atoms. The lowest BCUT2D eigenvalue weighted by Gasteiger charge is -2.19. The van der Waals surface area contributed by atoms with E-state index in [1.54, 1.807) is 0 Å². The first-order valence-corrected chi connectivity index (χ1v) is 4.28. The average Bonchev–Trinajstić information content (AvgIpc) is 2.18. The van der Waals surface area contributed by atoms with Crippen molar-refractivity contribution in [3.05, 3.63) is 35.4 Å². The molecule has 0 aromatic heterocycles. The van der Waals surface area contributed by atoms with Crippen LogP contribution in [0.15, 0.2) is 24.3 Å². The Morgan fingerprint density at radius 1 is 1.27 bits per heavy atom. The number of methoxy groups -OCH3 is 1. The molecule has 1 aromatic rings. The van der Waals surface area contributed by atoms with Crippen LogP contribution in [0.5, 0.6) is 0 Å². The van der Waals surface area contributed by atoms with Crippen molar-refractivity contribution in [2.45, 2.75) is 18.9 Å². The van der Waals surface area contributed by atoms with Crippen LogP contribution in [0.3, 0.4) is 0 Å². The van der Waals surface area contributed by atoms with Crippen molar-refractivity contribution >= 4 is 0 Å². The van der Waals surface area contributed by atoms with E-state index in [0.717, 1.165) is 7.11 Å². The Morgan fingerprint density at radius 2 is 1.80 bits per heavy atom. The minimum absolute atomic E-state index is 0.0298. The molecule has 0 radical (unpaired) electrons. The lowest BCUT2D eigenvalue weighted by molar-refractivity contribution is -0.215. The first-order valence-electron chi connectivity index (χ1n) is 4.28. The maximum atomic E-state index is 12.4. The van der Waals surface area contributed by atoms with Gasteiger partial charge in [-0.25, -0.2) is 0 Å². The maximum Gasteiger partial charge on any atom is 0.418 e. The van der Waals surface area contributed by atoms with Crippen molar-refractivity contribution in [1.82, 2.24) is 0 Å². The van der Waals surface area contributed by atoms with Crippen LogP contribution in [0.4, 0.5) is 13.2 Å². The average molecular weight is 220 g/mol. The lowest BCUT2D eigenvalue weighted by atomic mass is 10.1. The standard InChI is InChI=1S/C10H11F3O2/c1-15-9(10(11,12)13)8-4-2-7(6-14)3-5-8/h2-5,9,14H,6H2,1H3. The molecule has 1 atom stereocenters. The molecular formula is C10H11F3O2. The molecule has 5 heteroatoms. The zero-order chi connectivity index (χ0) is 11.5. The predicted molar refractivity (Wildman–Crippen MR) is 48.2 cm³/mol. The van der Waals surface area contributed by atoms with Crippen LogP contribution in [0.2, 0.25) is 0 Å². The van der Waals surface area contributed by atoms with Gasteiger partial charge >= 0.3 is 6.18 Å². The van der Waals surface area contributed by atoms with E-state index in [1.807, 2.05) is 0 Å². The Morgan fingerprint density at radius 3 is 2.13 bits per heavy atom. The molecule has 0 aliphatic rings. The van der Waals surface area contributed by atoms with Gasteiger partial charge in [-0.15, -0.1) is 0 Å². The molecule has 0 aliphatic carbocycles. The summed E-state index contributed by atoms with van der Waals surface area (Å²) in [5.41, 5.74) is 0.595. The van der Waals surface area contributed by atoms with Gasteiger partial charge in [-0.3, -0.25) is 0 Å². The fraction of sp³-hybridized carbons (Fsp3) is 0.400. The largest absolute Gasteiger partial charge is 0.418 e. The Kier molecular flexibility index (Phi) is 3.71. The van der Waals surface area contributed by atoms with Crippen molar-refractivity contribution in [3.63, 3.8) is 0 Å². The van der Waals surface area contributed by atoms with Gasteiger partial charge in [0.05, 0.1) is 6.61 Å². The third kappa shape index (κ3) is 2.94. The molecule has 0 fully saturated rings. The van der Waals surface area contributed by atoms with E-state index in [-0.39, 0.29) is 12.2 Å². The molecule has 0 amide bonds. The number of alkyl halides is 3. The summed E-state index contributed by atoms with van der Waals surface area (Å²) in [7, 11) is 1.01. The molecule has 1 unspecified atom stereocenters. The van der Waals surface area contributed by atoms with E-state index >= 15 is 0 Å². The van der Waals surface area contributed by atoms with Crippen molar-refractivity contribution in [2.24, 2.45) is 0 Å². The maximum absolute atomic E-state index is 12.4. The second-order valence-corrected chi connectivity index (χ2v) is 3.06. The Balaban J connectivity index is 2.93. The van der Waals surface area contributed by atoms with E-state index < -0.39 is 12.3 Å².